The van der Waals surface area contributed by atoms with Crippen molar-refractivity contribution in [3.63, 3.8) is 0 Å². The fourth-order valence-corrected chi connectivity index (χ4v) is 6.81. The number of aryl methyl sites for hydroxylation is 1. The van der Waals surface area contributed by atoms with Gasteiger partial charge in [0.15, 0.2) is 0 Å². The van der Waals surface area contributed by atoms with Crippen molar-refractivity contribution in [2.24, 2.45) is 11.8 Å². The van der Waals surface area contributed by atoms with E-state index in [4.69, 9.17) is 16.7 Å². The van der Waals surface area contributed by atoms with Crippen LogP contribution in [0.15, 0.2) is 42.5 Å². The highest BCUT2D eigenvalue weighted by Gasteiger charge is 2.44. The Kier molecular flexibility index (Phi) is 9.91. The molecule has 4 atom stereocenters. The number of nitrogens with zero attached hydrogens (tertiary/aromatic N) is 1. The van der Waals surface area contributed by atoms with Crippen LogP contribution in [0.2, 0.25) is 5.02 Å². The van der Waals surface area contributed by atoms with Crippen LogP contribution in [0.5, 0.6) is 0 Å². The van der Waals surface area contributed by atoms with Crippen molar-refractivity contribution < 1.29 is 19.8 Å². The summed E-state index contributed by atoms with van der Waals surface area (Å²) in [6.45, 7) is 3.52. The van der Waals surface area contributed by atoms with Crippen LogP contribution in [0, 0.1) is 11.8 Å². The first-order chi connectivity index (χ1) is 18.8. The highest BCUT2D eigenvalue weighted by molar-refractivity contribution is 6.33. The number of amides is 2. The van der Waals surface area contributed by atoms with E-state index in [1.165, 1.54) is 5.56 Å². The van der Waals surface area contributed by atoms with Gasteiger partial charge in [-0.1, -0.05) is 54.9 Å². The first kappa shape index (κ1) is 29.4. The van der Waals surface area contributed by atoms with Crippen LogP contribution in [-0.2, 0) is 16.8 Å². The second kappa shape index (κ2) is 13.2. The molecule has 2 unspecified atom stereocenters. The predicted octanol–water partition coefficient (Wildman–Crippen LogP) is 5.43. The molecule has 39 heavy (non-hydrogen) atoms. The SMILES string of the molecule is CCc1cccc(-c2c(Cl)cccc2C(O)(CCCNC(=O)O)C2CCCN(C(=O)[C@@H]3CC[C@H](NC)C3)C2)c1. The second-order valence-corrected chi connectivity index (χ2v) is 11.5. The van der Waals surface area contributed by atoms with E-state index in [0.29, 0.717) is 37.0 Å². The lowest BCUT2D eigenvalue weighted by Gasteiger charge is -2.44. The Balaban J connectivity index is 1.68. The molecule has 1 aliphatic heterocycles. The number of carbonyl (C=O) groups excluding carboxylic acids is 1. The van der Waals surface area contributed by atoms with Gasteiger partial charge in [0.2, 0.25) is 5.91 Å². The Morgan fingerprint density at radius 3 is 2.67 bits per heavy atom. The normalized spacial score (nSPS) is 22.9. The Morgan fingerprint density at radius 1 is 1.15 bits per heavy atom. The lowest BCUT2D eigenvalue weighted by atomic mass is 9.72. The molecule has 7 nitrogen and oxygen atoms in total. The molecule has 4 rings (SSSR count). The third-order valence-electron chi connectivity index (χ3n) is 8.71. The summed E-state index contributed by atoms with van der Waals surface area (Å²) in [5.41, 5.74) is 2.39. The van der Waals surface area contributed by atoms with E-state index < -0.39 is 11.7 Å². The Bertz CT molecular complexity index is 1160. The number of benzene rings is 2. The van der Waals surface area contributed by atoms with E-state index in [9.17, 15) is 14.7 Å². The molecule has 2 aliphatic rings. The number of rotatable bonds is 10. The van der Waals surface area contributed by atoms with Gasteiger partial charge in [-0.25, -0.2) is 4.79 Å². The number of nitrogens with one attached hydrogen (secondary N) is 2. The van der Waals surface area contributed by atoms with Crippen molar-refractivity contribution in [1.29, 1.82) is 0 Å². The highest BCUT2D eigenvalue weighted by atomic mass is 35.5. The summed E-state index contributed by atoms with van der Waals surface area (Å²) in [5, 5.41) is 28.0. The monoisotopic (exact) mass is 555 g/mol. The molecule has 4 N–H and O–H groups in total. The van der Waals surface area contributed by atoms with Crippen LogP contribution < -0.4 is 10.6 Å². The van der Waals surface area contributed by atoms with Crippen molar-refractivity contribution in [2.75, 3.05) is 26.7 Å². The smallest absolute Gasteiger partial charge is 0.404 e. The highest BCUT2D eigenvalue weighted by Crippen LogP contribution is 2.46. The van der Waals surface area contributed by atoms with Gasteiger partial charge in [0, 0.05) is 48.1 Å². The minimum Gasteiger partial charge on any atom is -0.465 e. The van der Waals surface area contributed by atoms with E-state index in [-0.39, 0.29) is 24.3 Å². The van der Waals surface area contributed by atoms with Gasteiger partial charge in [0.1, 0.15) is 0 Å². The molecule has 1 heterocycles. The number of aliphatic hydroxyl groups is 1. The summed E-state index contributed by atoms with van der Waals surface area (Å²) in [5.74, 6) is 0.00925. The predicted molar refractivity (Wildman–Crippen MR) is 155 cm³/mol. The zero-order valence-corrected chi connectivity index (χ0v) is 23.8. The number of halogens is 1. The lowest BCUT2D eigenvalue weighted by molar-refractivity contribution is -0.140. The number of hydrogen-bond donors (Lipinski definition) is 4. The van der Waals surface area contributed by atoms with Gasteiger partial charge in [-0.3, -0.25) is 4.79 Å². The molecule has 8 heteroatoms. The first-order valence-corrected chi connectivity index (χ1v) is 14.7. The fraction of sp³-hybridized carbons (Fsp3) is 0.548. The third-order valence-corrected chi connectivity index (χ3v) is 9.03. The summed E-state index contributed by atoms with van der Waals surface area (Å²) in [6.07, 6.45) is 4.96. The van der Waals surface area contributed by atoms with Crippen molar-refractivity contribution in [1.82, 2.24) is 15.5 Å². The average Bonchev–Trinajstić information content (AvgIpc) is 3.44. The Morgan fingerprint density at radius 2 is 1.95 bits per heavy atom. The number of piperidine rings is 1. The van der Waals surface area contributed by atoms with Crippen LogP contribution in [0.4, 0.5) is 4.79 Å². The maximum atomic E-state index is 13.5. The zero-order valence-electron chi connectivity index (χ0n) is 23.1. The molecule has 2 aromatic carbocycles. The molecular formula is C31H42ClN3O4. The molecule has 0 spiro atoms. The largest absolute Gasteiger partial charge is 0.465 e. The number of carboxylic acid groups (broad SMARTS) is 1. The summed E-state index contributed by atoms with van der Waals surface area (Å²) < 4.78 is 0. The quantitative estimate of drug-likeness (QED) is 0.293. The van der Waals surface area contributed by atoms with Crippen LogP contribution >= 0.6 is 11.6 Å². The van der Waals surface area contributed by atoms with Crippen LogP contribution in [0.25, 0.3) is 11.1 Å². The lowest BCUT2D eigenvalue weighted by Crippen LogP contribution is -2.49. The molecule has 2 fully saturated rings. The molecule has 212 valence electrons. The molecule has 1 saturated carbocycles. The van der Waals surface area contributed by atoms with Gasteiger partial charge in [0.05, 0.1) is 5.60 Å². The van der Waals surface area contributed by atoms with Crippen molar-refractivity contribution in [2.45, 2.75) is 69.9 Å². The van der Waals surface area contributed by atoms with E-state index >= 15 is 0 Å². The van der Waals surface area contributed by atoms with Crippen molar-refractivity contribution in [3.8, 4) is 11.1 Å². The van der Waals surface area contributed by atoms with Crippen LogP contribution in [-0.4, -0.2) is 59.8 Å². The van der Waals surface area contributed by atoms with E-state index in [2.05, 4.69) is 29.7 Å². The summed E-state index contributed by atoms with van der Waals surface area (Å²) >= 11 is 6.83. The second-order valence-electron chi connectivity index (χ2n) is 11.1. The van der Waals surface area contributed by atoms with E-state index in [0.717, 1.165) is 55.2 Å². The molecule has 2 aromatic rings. The van der Waals surface area contributed by atoms with Crippen LogP contribution in [0.1, 0.15) is 63.0 Å². The van der Waals surface area contributed by atoms with Gasteiger partial charge >= 0.3 is 6.09 Å². The summed E-state index contributed by atoms with van der Waals surface area (Å²) in [4.78, 5) is 26.6. The molecule has 1 saturated heterocycles. The molecule has 0 radical (unpaired) electrons. The maximum absolute atomic E-state index is 13.5. The minimum atomic E-state index is -1.29. The fourth-order valence-electron chi connectivity index (χ4n) is 6.53. The standard InChI is InChI=1S/C31H42ClN3O4/c1-3-21-8-4-9-22(18-21)28-26(11-5-12-27(28)32)31(39,15-7-16-34-30(37)38)24-10-6-17-35(20-24)29(36)23-13-14-25(19-23)33-2/h4-5,8-9,11-12,18,23-25,33-34,39H,3,6-7,10,13-17,19-20H2,1-2H3,(H,37,38)/t23-,24?,25+,31?/m1/s1. The molecule has 0 bridgehead atoms. The number of hydrogen-bond acceptors (Lipinski definition) is 4. The maximum Gasteiger partial charge on any atom is 0.404 e. The van der Waals surface area contributed by atoms with E-state index in [1.54, 1.807) is 0 Å². The third kappa shape index (κ3) is 6.76. The summed E-state index contributed by atoms with van der Waals surface area (Å²) in [6, 6.07) is 14.3. The minimum absolute atomic E-state index is 0.0209. The van der Waals surface area contributed by atoms with Gasteiger partial charge in [0.25, 0.3) is 0 Å². The van der Waals surface area contributed by atoms with Crippen molar-refractivity contribution in [3.05, 3.63) is 58.6 Å². The Labute approximate surface area is 236 Å². The summed E-state index contributed by atoms with van der Waals surface area (Å²) in [7, 11) is 1.95. The molecule has 0 aromatic heterocycles. The molecule has 1 aliphatic carbocycles. The van der Waals surface area contributed by atoms with Crippen LogP contribution in [0.3, 0.4) is 0 Å². The number of likely N-dealkylation sites (tertiary alicyclic amines) is 1. The van der Waals surface area contributed by atoms with Crippen molar-refractivity contribution >= 4 is 23.6 Å². The van der Waals surface area contributed by atoms with E-state index in [1.807, 2.05) is 42.3 Å². The first-order valence-electron chi connectivity index (χ1n) is 14.3. The molecule has 2 amide bonds. The number of carbonyl (C=O) groups is 2. The average molecular weight is 556 g/mol. The molecular weight excluding hydrogens is 514 g/mol. The van der Waals surface area contributed by atoms with Gasteiger partial charge in [-0.2, -0.15) is 0 Å². The van der Waals surface area contributed by atoms with Gasteiger partial charge in [-0.15, -0.1) is 0 Å². The Hall–Kier alpha value is -2.61. The topological polar surface area (TPSA) is 102 Å². The van der Waals surface area contributed by atoms with Gasteiger partial charge < -0.3 is 25.7 Å². The van der Waals surface area contributed by atoms with Gasteiger partial charge in [-0.05, 0) is 81.2 Å². The zero-order chi connectivity index (χ0) is 28.0.